The molecule has 0 radical (unpaired) electrons. The summed E-state index contributed by atoms with van der Waals surface area (Å²) in [4.78, 5) is 24.0. The zero-order valence-electron chi connectivity index (χ0n) is 13.3. The zero-order valence-corrected chi connectivity index (χ0v) is 13.3. The van der Waals surface area contributed by atoms with Gasteiger partial charge in [0.2, 0.25) is 0 Å². The van der Waals surface area contributed by atoms with Gasteiger partial charge in [-0.05, 0) is 25.7 Å². The van der Waals surface area contributed by atoms with E-state index in [2.05, 4.69) is 10.5 Å². The lowest BCUT2D eigenvalue weighted by Gasteiger charge is -2.15. The summed E-state index contributed by atoms with van der Waals surface area (Å²) in [7, 11) is 0. The summed E-state index contributed by atoms with van der Waals surface area (Å²) in [6, 6.07) is 1.62. The molecule has 1 fully saturated rings. The summed E-state index contributed by atoms with van der Waals surface area (Å²) in [6.07, 6.45) is 5.82. The largest absolute Gasteiger partial charge is 0.452 e. The first-order chi connectivity index (χ1) is 10.6. The van der Waals surface area contributed by atoms with Crippen LogP contribution in [0.2, 0.25) is 0 Å². The van der Waals surface area contributed by atoms with E-state index in [0.29, 0.717) is 30.3 Å². The van der Waals surface area contributed by atoms with Crippen LogP contribution in [0.3, 0.4) is 0 Å². The van der Waals surface area contributed by atoms with Crippen LogP contribution in [-0.2, 0) is 14.3 Å². The van der Waals surface area contributed by atoms with E-state index in [-0.39, 0.29) is 11.9 Å². The van der Waals surface area contributed by atoms with Gasteiger partial charge < -0.3 is 14.6 Å². The highest BCUT2D eigenvalue weighted by molar-refractivity contribution is 5.94. The Kier molecular flexibility index (Phi) is 5.98. The molecule has 1 atom stereocenters. The van der Waals surface area contributed by atoms with E-state index in [1.165, 1.54) is 25.7 Å². The maximum Gasteiger partial charge on any atom is 0.306 e. The number of hydrogen-bond donors (Lipinski definition) is 1. The van der Waals surface area contributed by atoms with Crippen molar-refractivity contribution < 1.29 is 18.8 Å². The fraction of sp³-hybridized carbons (Fsp3) is 0.688. The Hall–Kier alpha value is -1.85. The highest BCUT2D eigenvalue weighted by atomic mass is 16.5. The first kappa shape index (κ1) is 16.5. The Morgan fingerprint density at radius 3 is 2.77 bits per heavy atom. The third-order valence-corrected chi connectivity index (χ3v) is 4.05. The Morgan fingerprint density at radius 1 is 1.45 bits per heavy atom. The van der Waals surface area contributed by atoms with Gasteiger partial charge in [-0.15, -0.1) is 0 Å². The maximum atomic E-state index is 12.1. The third kappa shape index (κ3) is 4.86. The summed E-state index contributed by atoms with van der Waals surface area (Å²) in [5, 5.41) is 6.29. The minimum Gasteiger partial charge on any atom is -0.452 e. The van der Waals surface area contributed by atoms with Gasteiger partial charge in [0.1, 0.15) is 5.76 Å². The number of ether oxygens (including phenoxy) is 1. The van der Waals surface area contributed by atoms with Crippen LogP contribution in [0.15, 0.2) is 10.6 Å². The van der Waals surface area contributed by atoms with Crippen molar-refractivity contribution in [1.29, 1.82) is 0 Å². The second kappa shape index (κ2) is 7.96. The average Bonchev–Trinajstić information content (AvgIpc) is 3.14. The number of hydrogen-bond acceptors (Lipinski definition) is 5. The molecule has 1 amide bonds. The number of carbonyl (C=O) groups is 2. The third-order valence-electron chi connectivity index (χ3n) is 4.05. The van der Waals surface area contributed by atoms with E-state index in [4.69, 9.17) is 9.26 Å². The van der Waals surface area contributed by atoms with Gasteiger partial charge in [-0.25, -0.2) is 0 Å². The molecule has 1 heterocycles. The summed E-state index contributed by atoms with van der Waals surface area (Å²) < 4.78 is 10.2. The number of rotatable bonds is 7. The van der Waals surface area contributed by atoms with Crippen molar-refractivity contribution >= 4 is 17.7 Å². The maximum absolute atomic E-state index is 12.1. The molecule has 6 nitrogen and oxygen atoms in total. The van der Waals surface area contributed by atoms with E-state index in [1.807, 2.05) is 6.92 Å². The summed E-state index contributed by atoms with van der Waals surface area (Å²) >= 11 is 0. The van der Waals surface area contributed by atoms with E-state index in [1.54, 1.807) is 13.0 Å². The number of nitrogens with zero attached hydrogens (tertiary/aromatic N) is 1. The molecule has 1 aromatic rings. The van der Waals surface area contributed by atoms with Crippen LogP contribution in [0.25, 0.3) is 0 Å². The molecule has 0 unspecified atom stereocenters. The van der Waals surface area contributed by atoms with E-state index >= 15 is 0 Å². The van der Waals surface area contributed by atoms with Gasteiger partial charge >= 0.3 is 5.97 Å². The zero-order chi connectivity index (χ0) is 15.9. The Bertz CT molecular complexity index is 506. The first-order valence-electron chi connectivity index (χ1n) is 8.02. The number of nitrogens with one attached hydrogen (secondary N) is 1. The number of anilines is 1. The smallest absolute Gasteiger partial charge is 0.306 e. The van der Waals surface area contributed by atoms with E-state index < -0.39 is 6.10 Å². The lowest BCUT2D eigenvalue weighted by atomic mass is 10.0. The van der Waals surface area contributed by atoms with Gasteiger partial charge in [-0.3, -0.25) is 9.59 Å². The molecule has 0 spiro atoms. The summed E-state index contributed by atoms with van der Waals surface area (Å²) in [5.74, 6) is 0.912. The van der Waals surface area contributed by atoms with Crippen LogP contribution in [0.5, 0.6) is 0 Å². The van der Waals surface area contributed by atoms with Crippen LogP contribution in [-0.4, -0.2) is 23.1 Å². The average molecular weight is 308 g/mol. The standard InChI is InChI=1S/C16H24N2O4/c1-3-13(16(20)17-14-10-11(2)22-18-14)21-15(19)9-8-12-6-4-5-7-12/h10,12-13H,3-9H2,1-2H3,(H,17,18,20)/t13-/m0/s1. The second-order valence-electron chi connectivity index (χ2n) is 5.89. The van der Waals surface area contributed by atoms with E-state index in [9.17, 15) is 9.59 Å². The molecule has 0 aromatic carbocycles. The SMILES string of the molecule is CC[C@H](OC(=O)CCC1CCCC1)C(=O)Nc1cc(C)on1. The molecular weight excluding hydrogens is 284 g/mol. The van der Waals surface area contributed by atoms with Crippen molar-refractivity contribution in [3.8, 4) is 0 Å². The number of amides is 1. The molecule has 0 saturated heterocycles. The molecule has 0 aliphatic heterocycles. The molecule has 0 bridgehead atoms. The molecule has 1 aromatic heterocycles. The van der Waals surface area contributed by atoms with Gasteiger partial charge in [-0.1, -0.05) is 37.8 Å². The first-order valence-corrected chi connectivity index (χ1v) is 8.02. The minimum atomic E-state index is -0.784. The Labute approximate surface area is 130 Å². The van der Waals surface area contributed by atoms with E-state index in [0.717, 1.165) is 6.42 Å². The molecule has 122 valence electrons. The predicted octanol–water partition coefficient (Wildman–Crippen LogP) is 3.21. The number of carbonyl (C=O) groups excluding carboxylic acids is 2. The van der Waals surface area contributed by atoms with Crippen molar-refractivity contribution in [3.05, 3.63) is 11.8 Å². The molecule has 1 saturated carbocycles. The topological polar surface area (TPSA) is 81.4 Å². The van der Waals surface area contributed by atoms with Crippen LogP contribution in [0.1, 0.15) is 57.6 Å². The normalized spacial score (nSPS) is 16.5. The van der Waals surface area contributed by atoms with Gasteiger partial charge in [0.05, 0.1) is 0 Å². The van der Waals surface area contributed by atoms with Gasteiger partial charge in [0.15, 0.2) is 11.9 Å². The molecule has 1 aliphatic rings. The lowest BCUT2D eigenvalue weighted by Crippen LogP contribution is -2.32. The lowest BCUT2D eigenvalue weighted by molar-refractivity contribution is -0.154. The molecule has 2 rings (SSSR count). The van der Waals surface area contributed by atoms with Crippen molar-refractivity contribution in [2.45, 2.75) is 64.9 Å². The number of aryl methyl sites for hydroxylation is 1. The fourth-order valence-corrected chi connectivity index (χ4v) is 2.79. The van der Waals surface area contributed by atoms with Crippen LogP contribution < -0.4 is 5.32 Å². The van der Waals surface area contributed by atoms with Crippen molar-refractivity contribution in [1.82, 2.24) is 5.16 Å². The molecule has 1 N–H and O–H groups in total. The van der Waals surface area contributed by atoms with Gasteiger partial charge in [0.25, 0.3) is 5.91 Å². The van der Waals surface area contributed by atoms with Crippen LogP contribution in [0.4, 0.5) is 5.82 Å². The summed E-state index contributed by atoms with van der Waals surface area (Å²) in [5.41, 5.74) is 0. The quantitative estimate of drug-likeness (QED) is 0.782. The predicted molar refractivity (Wildman–Crippen MR) is 81.2 cm³/mol. The van der Waals surface area contributed by atoms with Crippen LogP contribution >= 0.6 is 0 Å². The van der Waals surface area contributed by atoms with Crippen molar-refractivity contribution in [2.75, 3.05) is 5.32 Å². The summed E-state index contributed by atoms with van der Waals surface area (Å²) in [6.45, 7) is 3.55. The highest BCUT2D eigenvalue weighted by Gasteiger charge is 2.23. The monoisotopic (exact) mass is 308 g/mol. The fourth-order valence-electron chi connectivity index (χ4n) is 2.79. The Morgan fingerprint density at radius 2 is 2.18 bits per heavy atom. The second-order valence-corrected chi connectivity index (χ2v) is 5.89. The van der Waals surface area contributed by atoms with Crippen molar-refractivity contribution in [3.63, 3.8) is 0 Å². The van der Waals surface area contributed by atoms with Crippen LogP contribution in [0, 0.1) is 12.8 Å². The molecule has 22 heavy (non-hydrogen) atoms. The molecule has 1 aliphatic carbocycles. The van der Waals surface area contributed by atoms with Gasteiger partial charge in [0, 0.05) is 12.5 Å². The minimum absolute atomic E-state index is 0.301. The highest BCUT2D eigenvalue weighted by Crippen LogP contribution is 2.28. The molecular formula is C16H24N2O4. The number of esters is 1. The Balaban J connectivity index is 1.77. The molecule has 6 heteroatoms. The van der Waals surface area contributed by atoms with Gasteiger partial charge in [-0.2, -0.15) is 0 Å². The van der Waals surface area contributed by atoms with Crippen molar-refractivity contribution in [2.24, 2.45) is 5.92 Å². The number of aromatic nitrogens is 1.